The quantitative estimate of drug-likeness (QED) is 0.750. The minimum absolute atomic E-state index is 0.0312. The number of hydrogen-bond donors (Lipinski definition) is 2. The standard InChI is InChI=1S/C14H28N2O/c1-3-7-12(15)10-14(17)16-13-9-6-5-8-11(13)4-2/h11-13H,3-10,15H2,1-2H3,(H,16,17). The highest BCUT2D eigenvalue weighted by atomic mass is 16.1. The first kappa shape index (κ1) is 14.5. The van der Waals surface area contributed by atoms with Gasteiger partial charge in [0.1, 0.15) is 0 Å². The normalized spacial score (nSPS) is 26.5. The summed E-state index contributed by atoms with van der Waals surface area (Å²) in [6, 6.07) is 0.429. The van der Waals surface area contributed by atoms with E-state index in [1.165, 1.54) is 25.7 Å². The summed E-state index contributed by atoms with van der Waals surface area (Å²) in [6.07, 6.45) is 8.63. The van der Waals surface area contributed by atoms with E-state index >= 15 is 0 Å². The molecule has 1 fully saturated rings. The average molecular weight is 240 g/mol. The molecule has 3 N–H and O–H groups in total. The predicted molar refractivity (Wildman–Crippen MR) is 71.7 cm³/mol. The molecule has 0 radical (unpaired) electrons. The van der Waals surface area contributed by atoms with Crippen molar-refractivity contribution in [1.29, 1.82) is 0 Å². The van der Waals surface area contributed by atoms with E-state index in [2.05, 4.69) is 19.2 Å². The molecule has 1 aliphatic carbocycles. The molecule has 3 atom stereocenters. The van der Waals surface area contributed by atoms with Crippen LogP contribution in [0.25, 0.3) is 0 Å². The van der Waals surface area contributed by atoms with Gasteiger partial charge in [0.25, 0.3) is 0 Å². The van der Waals surface area contributed by atoms with Crippen molar-refractivity contribution in [1.82, 2.24) is 5.32 Å². The van der Waals surface area contributed by atoms with Gasteiger partial charge in [-0.3, -0.25) is 4.79 Å². The van der Waals surface area contributed by atoms with E-state index in [0.717, 1.165) is 19.3 Å². The Kier molecular flexibility index (Phi) is 6.56. The van der Waals surface area contributed by atoms with Crippen LogP contribution >= 0.6 is 0 Å². The highest BCUT2D eigenvalue weighted by Crippen LogP contribution is 2.26. The van der Waals surface area contributed by atoms with Crippen LogP contribution in [0.15, 0.2) is 0 Å². The van der Waals surface area contributed by atoms with Crippen LogP contribution < -0.4 is 11.1 Å². The maximum absolute atomic E-state index is 11.9. The number of nitrogens with two attached hydrogens (primary N) is 1. The van der Waals surface area contributed by atoms with Gasteiger partial charge in [-0.25, -0.2) is 0 Å². The summed E-state index contributed by atoms with van der Waals surface area (Å²) >= 11 is 0. The van der Waals surface area contributed by atoms with Crippen LogP contribution in [0.2, 0.25) is 0 Å². The van der Waals surface area contributed by atoms with Gasteiger partial charge in [-0.1, -0.05) is 39.5 Å². The van der Waals surface area contributed by atoms with Crippen LogP contribution in [0.1, 0.15) is 65.2 Å². The van der Waals surface area contributed by atoms with Crippen LogP contribution in [0.3, 0.4) is 0 Å². The molecule has 100 valence electrons. The molecule has 3 nitrogen and oxygen atoms in total. The Hall–Kier alpha value is -0.570. The lowest BCUT2D eigenvalue weighted by Gasteiger charge is -2.31. The van der Waals surface area contributed by atoms with Gasteiger partial charge in [0, 0.05) is 18.5 Å². The Morgan fingerprint density at radius 3 is 2.71 bits per heavy atom. The zero-order valence-electron chi connectivity index (χ0n) is 11.4. The molecule has 3 unspecified atom stereocenters. The molecule has 1 aliphatic rings. The zero-order valence-corrected chi connectivity index (χ0v) is 11.4. The number of amides is 1. The molecule has 0 aromatic carbocycles. The van der Waals surface area contributed by atoms with Crippen molar-refractivity contribution in [2.75, 3.05) is 0 Å². The second-order valence-corrected chi connectivity index (χ2v) is 5.38. The van der Waals surface area contributed by atoms with E-state index in [-0.39, 0.29) is 11.9 Å². The maximum Gasteiger partial charge on any atom is 0.221 e. The first-order chi connectivity index (χ1) is 8.17. The zero-order chi connectivity index (χ0) is 12.7. The monoisotopic (exact) mass is 240 g/mol. The summed E-state index contributed by atoms with van der Waals surface area (Å²) < 4.78 is 0. The van der Waals surface area contributed by atoms with E-state index < -0.39 is 0 Å². The molecule has 0 bridgehead atoms. The van der Waals surface area contributed by atoms with Gasteiger partial charge in [0.05, 0.1) is 0 Å². The fourth-order valence-electron chi connectivity index (χ4n) is 2.86. The van der Waals surface area contributed by atoms with Crippen LogP contribution in [0, 0.1) is 5.92 Å². The Balaban J connectivity index is 2.33. The summed E-state index contributed by atoms with van der Waals surface area (Å²) in [7, 11) is 0. The maximum atomic E-state index is 11.9. The third kappa shape index (κ3) is 5.07. The summed E-state index contributed by atoms with van der Waals surface area (Å²) in [6.45, 7) is 4.32. The van der Waals surface area contributed by atoms with Crippen LogP contribution in [0.5, 0.6) is 0 Å². The SMILES string of the molecule is CCCC(N)CC(=O)NC1CCCCC1CC. The van der Waals surface area contributed by atoms with Gasteiger partial charge in [0.2, 0.25) is 5.91 Å². The average Bonchev–Trinajstić information content (AvgIpc) is 2.29. The molecule has 17 heavy (non-hydrogen) atoms. The van der Waals surface area contributed by atoms with E-state index in [4.69, 9.17) is 5.73 Å². The smallest absolute Gasteiger partial charge is 0.221 e. The highest BCUT2D eigenvalue weighted by molar-refractivity contribution is 5.76. The third-order valence-electron chi connectivity index (χ3n) is 3.89. The van der Waals surface area contributed by atoms with Gasteiger partial charge >= 0.3 is 0 Å². The molecule has 0 spiro atoms. The largest absolute Gasteiger partial charge is 0.353 e. The van der Waals surface area contributed by atoms with Gasteiger partial charge in [-0.2, -0.15) is 0 Å². The third-order valence-corrected chi connectivity index (χ3v) is 3.89. The van der Waals surface area contributed by atoms with Crippen molar-refractivity contribution >= 4 is 5.91 Å². The van der Waals surface area contributed by atoms with Crippen molar-refractivity contribution in [2.24, 2.45) is 11.7 Å². The number of carbonyl (C=O) groups is 1. The van der Waals surface area contributed by atoms with Crippen LogP contribution in [-0.4, -0.2) is 18.0 Å². The summed E-state index contributed by atoms with van der Waals surface area (Å²) in [5, 5.41) is 3.19. The summed E-state index contributed by atoms with van der Waals surface area (Å²) in [4.78, 5) is 11.9. The van der Waals surface area contributed by atoms with Gasteiger partial charge in [-0.15, -0.1) is 0 Å². The van der Waals surface area contributed by atoms with Gasteiger partial charge in [0.15, 0.2) is 0 Å². The van der Waals surface area contributed by atoms with Crippen molar-refractivity contribution in [3.63, 3.8) is 0 Å². The van der Waals surface area contributed by atoms with Gasteiger partial charge < -0.3 is 11.1 Å². The van der Waals surface area contributed by atoms with E-state index in [9.17, 15) is 4.79 Å². The number of nitrogens with one attached hydrogen (secondary N) is 1. The molecular formula is C14H28N2O. The second kappa shape index (κ2) is 7.70. The topological polar surface area (TPSA) is 55.1 Å². The molecule has 3 heteroatoms. The lowest BCUT2D eigenvalue weighted by Crippen LogP contribution is -2.43. The van der Waals surface area contributed by atoms with Crippen LogP contribution in [-0.2, 0) is 4.79 Å². The second-order valence-electron chi connectivity index (χ2n) is 5.38. The van der Waals surface area contributed by atoms with E-state index in [0.29, 0.717) is 18.4 Å². The van der Waals surface area contributed by atoms with E-state index in [1.54, 1.807) is 0 Å². The highest BCUT2D eigenvalue weighted by Gasteiger charge is 2.25. The first-order valence-electron chi connectivity index (χ1n) is 7.22. The Morgan fingerprint density at radius 2 is 2.06 bits per heavy atom. The molecule has 0 heterocycles. The van der Waals surface area contributed by atoms with Gasteiger partial charge in [-0.05, 0) is 25.2 Å². The lowest BCUT2D eigenvalue weighted by atomic mass is 9.83. The minimum Gasteiger partial charge on any atom is -0.353 e. The Labute approximate surface area is 106 Å². The Morgan fingerprint density at radius 1 is 1.35 bits per heavy atom. The fraction of sp³-hybridized carbons (Fsp3) is 0.929. The number of hydrogen-bond acceptors (Lipinski definition) is 2. The number of rotatable bonds is 6. The molecule has 1 amide bonds. The number of carbonyl (C=O) groups excluding carboxylic acids is 1. The summed E-state index contributed by atoms with van der Waals surface area (Å²) in [5.74, 6) is 0.825. The van der Waals surface area contributed by atoms with Crippen LogP contribution in [0.4, 0.5) is 0 Å². The fourth-order valence-corrected chi connectivity index (χ4v) is 2.86. The molecule has 1 saturated carbocycles. The summed E-state index contributed by atoms with van der Waals surface area (Å²) in [5.41, 5.74) is 5.90. The van der Waals surface area contributed by atoms with E-state index in [1.807, 2.05) is 0 Å². The predicted octanol–water partition coefficient (Wildman–Crippen LogP) is 2.59. The van der Waals surface area contributed by atoms with Crippen molar-refractivity contribution < 1.29 is 4.79 Å². The lowest BCUT2D eigenvalue weighted by molar-refractivity contribution is -0.122. The van der Waals surface area contributed by atoms with Crippen molar-refractivity contribution in [3.8, 4) is 0 Å². The molecule has 1 rings (SSSR count). The molecule has 0 aliphatic heterocycles. The Bertz CT molecular complexity index is 230. The molecular weight excluding hydrogens is 212 g/mol. The molecule has 0 saturated heterocycles. The van der Waals surface area contributed by atoms with Crippen molar-refractivity contribution in [3.05, 3.63) is 0 Å². The minimum atomic E-state index is 0.0312. The molecule has 0 aromatic heterocycles. The first-order valence-corrected chi connectivity index (χ1v) is 7.22. The molecule has 0 aromatic rings. The van der Waals surface area contributed by atoms with Crippen molar-refractivity contribution in [2.45, 2.75) is 77.3 Å².